The van der Waals surface area contributed by atoms with Crippen molar-refractivity contribution in [1.82, 2.24) is 24.4 Å². The molecule has 0 bridgehead atoms. The Hall–Kier alpha value is -2.05. The van der Waals surface area contributed by atoms with E-state index in [4.69, 9.17) is 4.74 Å². The highest BCUT2D eigenvalue weighted by Gasteiger charge is 2.45. The van der Waals surface area contributed by atoms with Gasteiger partial charge in [-0.3, -0.25) is 9.36 Å². The number of aliphatic hydroxyl groups excluding tert-OH is 3. The molecule has 0 spiro atoms. The first kappa shape index (κ1) is 17.4. The number of anilines is 1. The van der Waals surface area contributed by atoms with E-state index in [1.165, 1.54) is 6.33 Å². The van der Waals surface area contributed by atoms with Gasteiger partial charge in [0.25, 0.3) is 5.56 Å². The van der Waals surface area contributed by atoms with Gasteiger partial charge in [0.15, 0.2) is 17.4 Å². The predicted octanol–water partition coefficient (Wildman–Crippen LogP) is -2.52. The lowest BCUT2D eigenvalue weighted by Gasteiger charge is -2.34. The number of piperazine rings is 1. The molecule has 0 amide bonds. The Morgan fingerprint density at radius 2 is 2.00 bits per heavy atom. The standard InChI is InChI=1S/C15H22N6O5/c1-19-2-4-20(5-3-19)15-18-9-12(16-7-17-13(9)25)21(15)14-11(24)10(23)8(6-22)26-14/h7-8,10-11,14,22-24H,2-6H2,1H3,(H,16,17,25)/t8-,10+,11+,14-/m0/s1. The van der Waals surface area contributed by atoms with Crippen LogP contribution in [0, 0.1) is 0 Å². The van der Waals surface area contributed by atoms with Crippen LogP contribution in [0.15, 0.2) is 11.1 Å². The van der Waals surface area contributed by atoms with Gasteiger partial charge in [-0.2, -0.15) is 0 Å². The Kier molecular flexibility index (Phi) is 4.40. The molecule has 4 atom stereocenters. The van der Waals surface area contributed by atoms with Crippen LogP contribution >= 0.6 is 0 Å². The molecule has 2 aromatic rings. The van der Waals surface area contributed by atoms with E-state index in [2.05, 4.69) is 19.9 Å². The lowest BCUT2D eigenvalue weighted by Crippen LogP contribution is -2.46. The monoisotopic (exact) mass is 366 g/mol. The fourth-order valence-corrected chi connectivity index (χ4v) is 3.47. The van der Waals surface area contributed by atoms with Crippen molar-refractivity contribution in [3.05, 3.63) is 16.7 Å². The number of likely N-dealkylation sites (N-methyl/N-ethyl adjacent to an activating group) is 1. The Morgan fingerprint density at radius 3 is 2.65 bits per heavy atom. The molecule has 0 radical (unpaired) electrons. The van der Waals surface area contributed by atoms with E-state index in [9.17, 15) is 20.1 Å². The van der Waals surface area contributed by atoms with Gasteiger partial charge in [-0.15, -0.1) is 0 Å². The van der Waals surface area contributed by atoms with Crippen LogP contribution in [0.3, 0.4) is 0 Å². The number of aromatic nitrogens is 4. The topological polar surface area (TPSA) is 140 Å². The van der Waals surface area contributed by atoms with Crippen LogP contribution < -0.4 is 10.5 Å². The third-order valence-electron chi connectivity index (χ3n) is 5.02. The zero-order chi connectivity index (χ0) is 18.4. The van der Waals surface area contributed by atoms with Crippen molar-refractivity contribution in [3.63, 3.8) is 0 Å². The van der Waals surface area contributed by atoms with Crippen LogP contribution in [0.1, 0.15) is 6.23 Å². The number of H-pyrrole nitrogens is 1. The molecular weight excluding hydrogens is 344 g/mol. The molecule has 2 aliphatic rings. The molecule has 11 heteroatoms. The van der Waals surface area contributed by atoms with Crippen molar-refractivity contribution < 1.29 is 20.1 Å². The molecule has 11 nitrogen and oxygen atoms in total. The molecule has 4 N–H and O–H groups in total. The van der Waals surface area contributed by atoms with Gasteiger partial charge in [-0.25, -0.2) is 9.97 Å². The minimum absolute atomic E-state index is 0.138. The average molecular weight is 366 g/mol. The minimum Gasteiger partial charge on any atom is -0.394 e. The van der Waals surface area contributed by atoms with Crippen LogP contribution in [0.2, 0.25) is 0 Å². The predicted molar refractivity (Wildman–Crippen MR) is 90.9 cm³/mol. The van der Waals surface area contributed by atoms with Crippen LogP contribution in [0.4, 0.5) is 5.95 Å². The number of imidazole rings is 1. The maximum Gasteiger partial charge on any atom is 0.278 e. The molecule has 2 aliphatic heterocycles. The van der Waals surface area contributed by atoms with Crippen LogP contribution in [0.25, 0.3) is 11.2 Å². The maximum absolute atomic E-state index is 12.2. The highest BCUT2D eigenvalue weighted by atomic mass is 16.6. The summed E-state index contributed by atoms with van der Waals surface area (Å²) in [6.07, 6.45) is -3.19. The molecule has 0 unspecified atom stereocenters. The summed E-state index contributed by atoms with van der Waals surface area (Å²) < 4.78 is 7.20. The zero-order valence-corrected chi connectivity index (χ0v) is 14.3. The number of nitrogens with one attached hydrogen (secondary N) is 1. The van der Waals surface area contributed by atoms with E-state index in [0.29, 0.717) is 19.0 Å². The lowest BCUT2D eigenvalue weighted by molar-refractivity contribution is -0.0505. The van der Waals surface area contributed by atoms with Crippen molar-refractivity contribution in [1.29, 1.82) is 0 Å². The molecule has 0 aliphatic carbocycles. The van der Waals surface area contributed by atoms with Crippen molar-refractivity contribution in [2.24, 2.45) is 0 Å². The molecule has 26 heavy (non-hydrogen) atoms. The summed E-state index contributed by atoms with van der Waals surface area (Å²) in [6, 6.07) is 0. The number of hydrogen-bond donors (Lipinski definition) is 4. The quantitative estimate of drug-likeness (QED) is 0.463. The summed E-state index contributed by atoms with van der Waals surface area (Å²) in [4.78, 5) is 27.5. The molecule has 2 aromatic heterocycles. The molecule has 4 heterocycles. The van der Waals surface area contributed by atoms with E-state index >= 15 is 0 Å². The molecule has 0 saturated carbocycles. The summed E-state index contributed by atoms with van der Waals surface area (Å²) in [7, 11) is 2.03. The van der Waals surface area contributed by atoms with E-state index in [1.54, 1.807) is 4.57 Å². The third kappa shape index (κ3) is 2.68. The second-order valence-electron chi connectivity index (χ2n) is 6.70. The van der Waals surface area contributed by atoms with E-state index in [-0.39, 0.29) is 11.2 Å². The normalized spacial score (nSPS) is 30.4. The van der Waals surface area contributed by atoms with Crippen LogP contribution in [-0.4, -0.2) is 97.9 Å². The van der Waals surface area contributed by atoms with Gasteiger partial charge in [0.1, 0.15) is 18.3 Å². The van der Waals surface area contributed by atoms with Crippen molar-refractivity contribution in [3.8, 4) is 0 Å². The van der Waals surface area contributed by atoms with Gasteiger partial charge in [0.2, 0.25) is 5.95 Å². The summed E-state index contributed by atoms with van der Waals surface area (Å²) in [5.41, 5.74) is 0.00700. The number of fused-ring (bicyclic) bond motifs is 1. The van der Waals surface area contributed by atoms with E-state index < -0.39 is 36.7 Å². The molecule has 142 valence electrons. The number of rotatable bonds is 3. The first-order valence-electron chi connectivity index (χ1n) is 8.53. The number of ether oxygens (including phenoxy) is 1. The number of aromatic amines is 1. The first-order valence-corrected chi connectivity index (χ1v) is 8.53. The molecule has 2 fully saturated rings. The second kappa shape index (κ2) is 6.59. The highest BCUT2D eigenvalue weighted by molar-refractivity contribution is 5.74. The third-order valence-corrected chi connectivity index (χ3v) is 5.02. The van der Waals surface area contributed by atoms with E-state index in [1.807, 2.05) is 11.9 Å². The Bertz CT molecular complexity index is 845. The van der Waals surface area contributed by atoms with Crippen molar-refractivity contribution >= 4 is 17.1 Å². The van der Waals surface area contributed by atoms with E-state index in [0.717, 1.165) is 13.1 Å². The fourth-order valence-electron chi connectivity index (χ4n) is 3.47. The van der Waals surface area contributed by atoms with Gasteiger partial charge in [-0.1, -0.05) is 0 Å². The average Bonchev–Trinajstić information content (AvgIpc) is 3.15. The van der Waals surface area contributed by atoms with Crippen molar-refractivity contribution in [2.45, 2.75) is 24.5 Å². The summed E-state index contributed by atoms with van der Waals surface area (Å²) >= 11 is 0. The summed E-state index contributed by atoms with van der Waals surface area (Å²) in [5, 5.41) is 29.9. The second-order valence-corrected chi connectivity index (χ2v) is 6.70. The molecule has 0 aromatic carbocycles. The number of nitrogens with zero attached hydrogens (tertiary/aromatic N) is 5. The van der Waals surface area contributed by atoms with Gasteiger partial charge < -0.3 is 34.8 Å². The first-order chi connectivity index (χ1) is 12.5. The SMILES string of the molecule is CN1CCN(c2nc3c(=O)[nH]cnc3n2[C@H]2O[C@@H](CO)[C@@H](O)[C@H]2O)CC1. The van der Waals surface area contributed by atoms with Gasteiger partial charge in [-0.05, 0) is 7.05 Å². The molecule has 2 saturated heterocycles. The van der Waals surface area contributed by atoms with Crippen LogP contribution in [-0.2, 0) is 4.74 Å². The Labute approximate surface area is 148 Å². The Balaban J connectivity index is 1.83. The smallest absolute Gasteiger partial charge is 0.278 e. The lowest BCUT2D eigenvalue weighted by atomic mass is 10.1. The summed E-state index contributed by atoms with van der Waals surface area (Å²) in [6.45, 7) is 2.59. The number of aliphatic hydroxyl groups is 3. The Morgan fingerprint density at radius 1 is 1.27 bits per heavy atom. The zero-order valence-electron chi connectivity index (χ0n) is 14.3. The van der Waals surface area contributed by atoms with Gasteiger partial charge >= 0.3 is 0 Å². The highest BCUT2D eigenvalue weighted by Crippen LogP contribution is 2.35. The largest absolute Gasteiger partial charge is 0.394 e. The molecule has 4 rings (SSSR count). The maximum atomic E-state index is 12.2. The minimum atomic E-state index is -1.28. The van der Waals surface area contributed by atoms with Crippen molar-refractivity contribution in [2.75, 3.05) is 44.7 Å². The summed E-state index contributed by atoms with van der Waals surface area (Å²) in [5.74, 6) is 0.451. The number of hydrogen-bond acceptors (Lipinski definition) is 9. The van der Waals surface area contributed by atoms with Gasteiger partial charge in [0, 0.05) is 26.2 Å². The van der Waals surface area contributed by atoms with Gasteiger partial charge in [0.05, 0.1) is 12.9 Å². The molecular formula is C15H22N6O5. The van der Waals surface area contributed by atoms with Crippen LogP contribution in [0.5, 0.6) is 0 Å². The fraction of sp³-hybridized carbons (Fsp3) is 0.667.